The molecule has 2 amide bonds. The van der Waals surface area contributed by atoms with E-state index < -0.39 is 26.7 Å². The van der Waals surface area contributed by atoms with Crippen LogP contribution in [0.4, 0.5) is 10.5 Å². The minimum atomic E-state index is -4.32. The predicted molar refractivity (Wildman–Crippen MR) is 86.5 cm³/mol. The van der Waals surface area contributed by atoms with Crippen LogP contribution >= 0.6 is 0 Å². The summed E-state index contributed by atoms with van der Waals surface area (Å²) in [5.41, 5.74) is -0.661. The second kappa shape index (κ2) is 8.24. The second-order valence-corrected chi connectivity index (χ2v) is 6.97. The molecule has 2 aromatic rings. The Balaban J connectivity index is 0.00000312. The molecule has 0 radical (unpaired) electrons. The summed E-state index contributed by atoms with van der Waals surface area (Å²) in [5.74, 6) is 0.590. The maximum Gasteiger partial charge on any atom is 1.00 e. The molecule has 0 aliphatic rings. The number of hydrogen-bond acceptors (Lipinski definition) is 6. The predicted octanol–water partition coefficient (Wildman–Crippen LogP) is -0.186. The zero-order chi connectivity index (χ0) is 18.0. The Hall–Kier alpha value is -1.52. The number of aliphatic hydroxyl groups is 1. The molecule has 0 aliphatic carbocycles. The van der Waals surface area contributed by atoms with E-state index in [4.69, 9.17) is 9.15 Å². The van der Waals surface area contributed by atoms with Crippen LogP contribution in [0.3, 0.4) is 0 Å². The molecule has 130 valence electrons. The van der Waals surface area contributed by atoms with Gasteiger partial charge < -0.3 is 24.3 Å². The minimum Gasteiger partial charge on any atom is -0.497 e. The Labute approximate surface area is 167 Å². The molecule has 0 saturated heterocycles. The number of anilines is 1. The largest absolute Gasteiger partial charge is 1.00 e. The first-order valence-electron chi connectivity index (χ1n) is 6.86. The van der Waals surface area contributed by atoms with Gasteiger partial charge in [-0.05, 0) is 31.7 Å². The average molecular weight is 376 g/mol. The van der Waals surface area contributed by atoms with Gasteiger partial charge in [-0.15, -0.1) is 0 Å². The molecule has 25 heavy (non-hydrogen) atoms. The van der Waals surface area contributed by atoms with Gasteiger partial charge in [0.15, 0.2) is 6.03 Å². The van der Waals surface area contributed by atoms with Crippen molar-refractivity contribution >= 4 is 21.7 Å². The fourth-order valence-corrected chi connectivity index (χ4v) is 2.55. The van der Waals surface area contributed by atoms with Crippen molar-refractivity contribution in [1.29, 1.82) is 0 Å². The van der Waals surface area contributed by atoms with E-state index in [1.807, 2.05) is 0 Å². The van der Waals surface area contributed by atoms with E-state index in [1.54, 1.807) is 12.1 Å². The number of hydrogen-bond donors (Lipinski definition) is 2. The Morgan fingerprint density at radius 2 is 1.88 bits per heavy atom. The number of sulfonamides is 1. The zero-order valence-electron chi connectivity index (χ0n) is 14.3. The molecule has 1 aromatic heterocycles. The third-order valence-electron chi connectivity index (χ3n) is 3.08. The standard InChI is InChI=1S/C15H18N2O6S.Na/c1-15(2,19)10-8-13(23-9-10)24(20,21)17-14(18)16-11-4-6-12(22-3)7-5-11;/h4-9,19H,1-3H3,(H2,16,17,18);/q;+1/p-1. The molecule has 0 bridgehead atoms. The van der Waals surface area contributed by atoms with E-state index in [2.05, 4.69) is 10.0 Å². The van der Waals surface area contributed by atoms with Crippen molar-refractivity contribution in [3.05, 3.63) is 46.9 Å². The quantitative estimate of drug-likeness (QED) is 0.698. The first kappa shape index (κ1) is 21.5. The maximum absolute atomic E-state index is 12.1. The molecule has 10 heteroatoms. The van der Waals surface area contributed by atoms with Crippen LogP contribution in [0, 0.1) is 0 Å². The van der Waals surface area contributed by atoms with Gasteiger partial charge in [0.2, 0.25) is 15.1 Å². The van der Waals surface area contributed by atoms with Crippen LogP contribution in [0.1, 0.15) is 19.4 Å². The average Bonchev–Trinajstić information content (AvgIpc) is 2.98. The number of urea groups is 1. The summed E-state index contributed by atoms with van der Waals surface area (Å²) >= 11 is 0. The third kappa shape index (κ3) is 5.75. The van der Waals surface area contributed by atoms with Crippen LogP contribution in [-0.2, 0) is 15.6 Å². The molecular formula is C15H17N2NaO6S. The van der Waals surface area contributed by atoms with Gasteiger partial charge in [-0.2, -0.15) is 0 Å². The molecule has 0 fully saturated rings. The monoisotopic (exact) mass is 376 g/mol. The van der Waals surface area contributed by atoms with Crippen LogP contribution < -0.4 is 39.6 Å². The van der Waals surface area contributed by atoms with E-state index in [0.29, 0.717) is 11.4 Å². The Kier molecular flexibility index (Phi) is 7.09. The van der Waals surface area contributed by atoms with Crippen LogP contribution in [0.25, 0.3) is 4.72 Å². The molecule has 0 aliphatic heterocycles. The summed E-state index contributed by atoms with van der Waals surface area (Å²) in [6.07, 6.45) is 1.10. The van der Waals surface area contributed by atoms with Crippen molar-refractivity contribution in [1.82, 2.24) is 0 Å². The molecule has 0 spiro atoms. The SMILES string of the molecule is COc1ccc(NC(=O)[N-]S(=O)(=O)c2cc(C(C)(C)O)co2)cc1.[Na+]. The topological polar surface area (TPSA) is 120 Å². The fraction of sp³-hybridized carbons (Fsp3) is 0.267. The van der Waals surface area contributed by atoms with Crippen molar-refractivity contribution in [3.8, 4) is 5.75 Å². The van der Waals surface area contributed by atoms with Crippen LogP contribution in [0.15, 0.2) is 46.1 Å². The van der Waals surface area contributed by atoms with Gasteiger partial charge in [0, 0.05) is 11.6 Å². The minimum absolute atomic E-state index is 0. The van der Waals surface area contributed by atoms with Crippen molar-refractivity contribution in [2.45, 2.75) is 24.5 Å². The van der Waals surface area contributed by atoms with Gasteiger partial charge in [-0.1, -0.05) is 12.1 Å². The molecule has 2 N–H and O–H groups in total. The number of rotatable bonds is 5. The van der Waals surface area contributed by atoms with E-state index in [-0.39, 0.29) is 35.1 Å². The summed E-state index contributed by atoms with van der Waals surface area (Å²) in [4.78, 5) is 11.8. The number of carbonyl (C=O) groups excluding carboxylic acids is 1. The van der Waals surface area contributed by atoms with Crippen LogP contribution in [0.2, 0.25) is 0 Å². The van der Waals surface area contributed by atoms with Gasteiger partial charge in [-0.25, -0.2) is 8.42 Å². The van der Waals surface area contributed by atoms with Gasteiger partial charge in [-0.3, -0.25) is 4.79 Å². The number of carbonyl (C=O) groups is 1. The number of methoxy groups -OCH3 is 1. The molecule has 8 nitrogen and oxygen atoms in total. The Morgan fingerprint density at radius 1 is 1.28 bits per heavy atom. The summed E-state index contributed by atoms with van der Waals surface area (Å²) in [7, 11) is -2.82. The van der Waals surface area contributed by atoms with E-state index in [9.17, 15) is 18.3 Å². The smallest absolute Gasteiger partial charge is 0.497 e. The number of ether oxygens (including phenoxy) is 1. The van der Waals surface area contributed by atoms with Gasteiger partial charge in [0.25, 0.3) is 0 Å². The molecule has 1 heterocycles. The summed E-state index contributed by atoms with van der Waals surface area (Å²) in [6.45, 7) is 2.95. The molecule has 0 saturated carbocycles. The first-order valence-corrected chi connectivity index (χ1v) is 8.30. The van der Waals surface area contributed by atoms with Gasteiger partial charge >= 0.3 is 29.6 Å². The molecule has 2 rings (SSSR count). The Morgan fingerprint density at radius 3 is 2.36 bits per heavy atom. The normalized spacial score (nSPS) is 11.4. The molecule has 0 atom stereocenters. The van der Waals surface area contributed by atoms with E-state index >= 15 is 0 Å². The Bertz CT molecular complexity index is 824. The molecular weight excluding hydrogens is 359 g/mol. The third-order valence-corrected chi connectivity index (χ3v) is 4.21. The van der Waals surface area contributed by atoms with Crippen molar-refractivity contribution in [2.75, 3.05) is 12.4 Å². The summed E-state index contributed by atoms with van der Waals surface area (Å²) < 4.78 is 37.1. The van der Waals surface area contributed by atoms with Crippen LogP contribution in [-0.4, -0.2) is 26.7 Å². The van der Waals surface area contributed by atoms with Crippen molar-refractivity contribution in [3.63, 3.8) is 0 Å². The van der Waals surface area contributed by atoms with Crippen molar-refractivity contribution in [2.24, 2.45) is 0 Å². The molecule has 0 unspecified atom stereocenters. The number of furan rings is 1. The number of amides is 2. The molecule has 1 aromatic carbocycles. The summed E-state index contributed by atoms with van der Waals surface area (Å²) in [5, 5.41) is 11.6. The number of nitrogens with zero attached hydrogens (tertiary/aromatic N) is 1. The maximum atomic E-state index is 12.1. The fourth-order valence-electron chi connectivity index (χ4n) is 1.75. The van der Waals surface area contributed by atoms with Crippen LogP contribution in [0.5, 0.6) is 5.75 Å². The first-order chi connectivity index (χ1) is 11.1. The number of nitrogens with one attached hydrogen (secondary N) is 1. The van der Waals surface area contributed by atoms with Gasteiger partial charge in [0.05, 0.1) is 19.0 Å². The van der Waals surface area contributed by atoms with Gasteiger partial charge in [0.1, 0.15) is 5.75 Å². The second-order valence-electron chi connectivity index (χ2n) is 5.44. The van der Waals surface area contributed by atoms with E-state index in [0.717, 1.165) is 12.3 Å². The summed E-state index contributed by atoms with van der Waals surface area (Å²) in [6, 6.07) is 6.34. The van der Waals surface area contributed by atoms with E-state index in [1.165, 1.54) is 33.1 Å². The zero-order valence-corrected chi connectivity index (χ0v) is 17.1. The van der Waals surface area contributed by atoms with Crippen molar-refractivity contribution < 1.29 is 57.0 Å². The number of benzene rings is 1.